The molecule has 2 heterocycles. The van der Waals surface area contributed by atoms with E-state index in [2.05, 4.69) is 127 Å². The monoisotopic (exact) mass is 654 g/mol. The SMILES string of the molecule is Cc1ccc(-c2ccc3c(c2)c2ccccc2n3-c2ccccc2)cc1-c1ccccc1Cc1nc(-c2ccccc2)nc(-c2ccccc2)n1. The smallest absolute Gasteiger partial charge is 0.163 e. The molecule has 0 atom stereocenters. The van der Waals surface area contributed by atoms with Crippen LogP contribution in [0.5, 0.6) is 0 Å². The van der Waals surface area contributed by atoms with Gasteiger partial charge in [0.1, 0.15) is 5.82 Å². The molecule has 0 spiro atoms. The quantitative estimate of drug-likeness (QED) is 0.172. The predicted octanol–water partition coefficient (Wildman–Crippen LogP) is 11.5. The van der Waals surface area contributed by atoms with E-state index in [0.717, 1.165) is 22.6 Å². The molecule has 0 aliphatic rings. The summed E-state index contributed by atoms with van der Waals surface area (Å²) in [5, 5.41) is 2.49. The van der Waals surface area contributed by atoms with Crippen LogP contribution in [0.15, 0.2) is 176 Å². The topological polar surface area (TPSA) is 43.6 Å². The number of hydrogen-bond acceptors (Lipinski definition) is 3. The molecule has 0 saturated heterocycles. The van der Waals surface area contributed by atoms with Gasteiger partial charge in [0.15, 0.2) is 11.6 Å². The Morgan fingerprint density at radius 3 is 1.73 bits per heavy atom. The number of nitrogens with zero attached hydrogens (tertiary/aromatic N) is 4. The van der Waals surface area contributed by atoms with Gasteiger partial charge >= 0.3 is 0 Å². The lowest BCUT2D eigenvalue weighted by Crippen LogP contribution is -2.05. The molecule has 51 heavy (non-hydrogen) atoms. The number of benzene rings is 7. The van der Waals surface area contributed by atoms with Crippen LogP contribution in [0.3, 0.4) is 0 Å². The molecule has 0 saturated carbocycles. The van der Waals surface area contributed by atoms with Crippen LogP contribution in [0.2, 0.25) is 0 Å². The molecular formula is C47H34N4. The average molecular weight is 655 g/mol. The van der Waals surface area contributed by atoms with E-state index in [9.17, 15) is 0 Å². The van der Waals surface area contributed by atoms with Gasteiger partial charge in [-0.1, -0.05) is 140 Å². The van der Waals surface area contributed by atoms with Crippen LogP contribution in [0.1, 0.15) is 17.0 Å². The van der Waals surface area contributed by atoms with Crippen LogP contribution in [0.4, 0.5) is 0 Å². The Kier molecular flexibility index (Phi) is 7.75. The van der Waals surface area contributed by atoms with Gasteiger partial charge in [-0.3, -0.25) is 0 Å². The lowest BCUT2D eigenvalue weighted by atomic mass is 9.91. The van der Waals surface area contributed by atoms with Crippen molar-refractivity contribution in [2.45, 2.75) is 13.3 Å². The van der Waals surface area contributed by atoms with Gasteiger partial charge in [0.25, 0.3) is 0 Å². The molecule has 2 aromatic heterocycles. The van der Waals surface area contributed by atoms with Crippen molar-refractivity contribution in [1.82, 2.24) is 19.5 Å². The van der Waals surface area contributed by atoms with E-state index in [1.165, 1.54) is 55.2 Å². The summed E-state index contributed by atoms with van der Waals surface area (Å²) in [5.41, 5.74) is 12.7. The summed E-state index contributed by atoms with van der Waals surface area (Å²) in [6, 6.07) is 61.9. The van der Waals surface area contributed by atoms with Crippen LogP contribution in [-0.4, -0.2) is 19.5 Å². The molecule has 0 fully saturated rings. The third-order valence-electron chi connectivity index (χ3n) is 9.66. The number of fused-ring (bicyclic) bond motifs is 3. The van der Waals surface area contributed by atoms with Gasteiger partial charge in [-0.05, 0) is 76.7 Å². The van der Waals surface area contributed by atoms with Gasteiger partial charge in [0, 0.05) is 34.0 Å². The van der Waals surface area contributed by atoms with Gasteiger partial charge in [0.2, 0.25) is 0 Å². The van der Waals surface area contributed by atoms with E-state index in [-0.39, 0.29) is 0 Å². The molecule has 0 aliphatic heterocycles. The van der Waals surface area contributed by atoms with Crippen LogP contribution in [-0.2, 0) is 6.42 Å². The predicted molar refractivity (Wildman–Crippen MR) is 210 cm³/mol. The second-order valence-electron chi connectivity index (χ2n) is 12.9. The highest BCUT2D eigenvalue weighted by Gasteiger charge is 2.16. The minimum atomic E-state index is 0.576. The maximum absolute atomic E-state index is 5.00. The summed E-state index contributed by atoms with van der Waals surface area (Å²) in [7, 11) is 0. The Morgan fingerprint density at radius 2 is 1.00 bits per heavy atom. The van der Waals surface area contributed by atoms with Crippen molar-refractivity contribution >= 4 is 21.8 Å². The molecule has 4 nitrogen and oxygen atoms in total. The zero-order chi connectivity index (χ0) is 34.1. The summed E-state index contributed by atoms with van der Waals surface area (Å²) < 4.78 is 2.36. The van der Waals surface area contributed by atoms with Crippen molar-refractivity contribution in [1.29, 1.82) is 0 Å². The largest absolute Gasteiger partial charge is 0.309 e. The van der Waals surface area contributed by atoms with Crippen molar-refractivity contribution in [3.05, 3.63) is 193 Å². The van der Waals surface area contributed by atoms with Crippen LogP contribution < -0.4 is 0 Å². The first-order valence-electron chi connectivity index (χ1n) is 17.3. The van der Waals surface area contributed by atoms with E-state index in [1.807, 2.05) is 60.7 Å². The van der Waals surface area contributed by atoms with Crippen molar-refractivity contribution in [3.63, 3.8) is 0 Å². The maximum Gasteiger partial charge on any atom is 0.163 e. The fraction of sp³-hybridized carbons (Fsp3) is 0.0426. The third-order valence-corrected chi connectivity index (χ3v) is 9.66. The third kappa shape index (κ3) is 5.77. The molecule has 0 radical (unpaired) electrons. The van der Waals surface area contributed by atoms with Gasteiger partial charge in [-0.15, -0.1) is 0 Å². The molecule has 9 rings (SSSR count). The van der Waals surface area contributed by atoms with Crippen LogP contribution >= 0.6 is 0 Å². The molecule has 9 aromatic rings. The molecule has 0 amide bonds. The second-order valence-corrected chi connectivity index (χ2v) is 12.9. The minimum absolute atomic E-state index is 0.576. The molecule has 0 unspecified atom stereocenters. The van der Waals surface area contributed by atoms with Crippen molar-refractivity contribution in [2.24, 2.45) is 0 Å². The van der Waals surface area contributed by atoms with Gasteiger partial charge in [0.05, 0.1) is 11.0 Å². The summed E-state index contributed by atoms with van der Waals surface area (Å²) >= 11 is 0. The number of para-hydroxylation sites is 2. The van der Waals surface area contributed by atoms with E-state index < -0.39 is 0 Å². The van der Waals surface area contributed by atoms with Crippen molar-refractivity contribution < 1.29 is 0 Å². The molecule has 0 aliphatic carbocycles. The Bertz CT molecular complexity index is 2600. The maximum atomic E-state index is 5.00. The molecule has 4 heteroatoms. The van der Waals surface area contributed by atoms with Gasteiger partial charge < -0.3 is 4.57 Å². The highest BCUT2D eigenvalue weighted by molar-refractivity contribution is 6.10. The van der Waals surface area contributed by atoms with E-state index in [0.29, 0.717) is 18.1 Å². The number of hydrogen-bond donors (Lipinski definition) is 0. The molecule has 7 aromatic carbocycles. The fourth-order valence-electron chi connectivity index (χ4n) is 7.14. The standard InChI is InChI=1S/C47H34N4/c1-32-25-26-35(36-27-28-44-42(30-36)40-23-13-14-24-43(40)51(44)38-20-9-4-10-21-38)29-41(32)39-22-12-11-19-37(39)31-45-48-46(33-15-5-2-6-16-33)50-47(49-45)34-17-7-3-8-18-34/h2-30H,31H2,1H3. The fourth-order valence-corrected chi connectivity index (χ4v) is 7.14. The van der Waals surface area contributed by atoms with Gasteiger partial charge in [-0.25, -0.2) is 15.0 Å². The Balaban J connectivity index is 1.13. The lowest BCUT2D eigenvalue weighted by Gasteiger charge is -2.15. The van der Waals surface area contributed by atoms with E-state index in [1.54, 1.807) is 0 Å². The van der Waals surface area contributed by atoms with Crippen molar-refractivity contribution in [2.75, 3.05) is 0 Å². The number of aryl methyl sites for hydroxylation is 1. The van der Waals surface area contributed by atoms with Crippen LogP contribution in [0, 0.1) is 6.92 Å². The van der Waals surface area contributed by atoms with E-state index >= 15 is 0 Å². The minimum Gasteiger partial charge on any atom is -0.309 e. The van der Waals surface area contributed by atoms with E-state index in [4.69, 9.17) is 15.0 Å². The number of aromatic nitrogens is 4. The zero-order valence-electron chi connectivity index (χ0n) is 28.2. The van der Waals surface area contributed by atoms with Gasteiger partial charge in [-0.2, -0.15) is 0 Å². The number of rotatable bonds is 7. The highest BCUT2D eigenvalue weighted by atomic mass is 15.0. The highest BCUT2D eigenvalue weighted by Crippen LogP contribution is 2.37. The zero-order valence-corrected chi connectivity index (χ0v) is 28.2. The summed E-state index contributed by atoms with van der Waals surface area (Å²) in [6.45, 7) is 2.19. The lowest BCUT2D eigenvalue weighted by molar-refractivity contribution is 0.933. The summed E-state index contributed by atoms with van der Waals surface area (Å²) in [6.07, 6.45) is 0.576. The Hall–Kier alpha value is -6.65. The first kappa shape index (κ1) is 30.4. The molecule has 0 N–H and O–H groups in total. The van der Waals surface area contributed by atoms with Crippen LogP contribution in [0.25, 0.3) is 72.5 Å². The molecule has 242 valence electrons. The first-order chi connectivity index (χ1) is 25.2. The Morgan fingerprint density at radius 1 is 0.431 bits per heavy atom. The summed E-state index contributed by atoms with van der Waals surface area (Å²) in [5.74, 6) is 2.10. The Labute approximate surface area is 297 Å². The normalized spacial score (nSPS) is 11.3. The second kappa shape index (κ2) is 13.0. The molecule has 0 bridgehead atoms. The van der Waals surface area contributed by atoms with Crippen molar-refractivity contribution in [3.8, 4) is 50.7 Å². The first-order valence-corrected chi connectivity index (χ1v) is 17.3. The average Bonchev–Trinajstić information content (AvgIpc) is 3.53. The molecular weight excluding hydrogens is 621 g/mol. The summed E-state index contributed by atoms with van der Waals surface area (Å²) in [4.78, 5) is 14.9.